The zero-order valence-corrected chi connectivity index (χ0v) is 12.2. The molecule has 1 N–H and O–H groups in total. The number of ether oxygens (including phenoxy) is 1. The standard InChI is InChI=1S/C14H27N3O2/c1-3-6-16(2)9-12-4-7-17(10-12)14(18)13-11-19-8-5-15-13/h12-13,15H,3-11H2,1-2H3. The highest BCUT2D eigenvalue weighted by Crippen LogP contribution is 2.18. The van der Waals surface area contributed by atoms with Crippen LogP contribution in [0.4, 0.5) is 0 Å². The van der Waals surface area contributed by atoms with Gasteiger partial charge in [-0.3, -0.25) is 4.79 Å². The van der Waals surface area contributed by atoms with Crippen molar-refractivity contribution in [2.45, 2.75) is 25.8 Å². The molecular weight excluding hydrogens is 242 g/mol. The van der Waals surface area contributed by atoms with Gasteiger partial charge in [-0.25, -0.2) is 0 Å². The lowest BCUT2D eigenvalue weighted by atomic mass is 10.1. The Labute approximate surface area is 116 Å². The second-order valence-electron chi connectivity index (χ2n) is 5.78. The quantitative estimate of drug-likeness (QED) is 0.772. The van der Waals surface area contributed by atoms with Crippen molar-refractivity contribution in [3.05, 3.63) is 0 Å². The summed E-state index contributed by atoms with van der Waals surface area (Å²) >= 11 is 0. The van der Waals surface area contributed by atoms with Crippen molar-refractivity contribution in [3.63, 3.8) is 0 Å². The topological polar surface area (TPSA) is 44.8 Å². The number of hydrogen-bond donors (Lipinski definition) is 1. The molecule has 0 radical (unpaired) electrons. The lowest BCUT2D eigenvalue weighted by Crippen LogP contribution is -2.52. The summed E-state index contributed by atoms with van der Waals surface area (Å²) in [5, 5.41) is 3.25. The maximum Gasteiger partial charge on any atom is 0.242 e. The molecule has 2 aliphatic heterocycles. The van der Waals surface area contributed by atoms with Gasteiger partial charge in [0, 0.05) is 26.2 Å². The summed E-state index contributed by atoms with van der Waals surface area (Å²) < 4.78 is 5.37. The lowest BCUT2D eigenvalue weighted by molar-refractivity contribution is -0.135. The van der Waals surface area contributed by atoms with Crippen LogP contribution < -0.4 is 5.32 Å². The van der Waals surface area contributed by atoms with Crippen molar-refractivity contribution < 1.29 is 9.53 Å². The van der Waals surface area contributed by atoms with Gasteiger partial charge in [0.2, 0.25) is 5.91 Å². The maximum atomic E-state index is 12.3. The molecule has 0 aromatic carbocycles. The predicted octanol–water partition coefficient (Wildman–Crippen LogP) is 0.165. The molecule has 0 spiro atoms. The molecular formula is C14H27N3O2. The minimum atomic E-state index is -0.124. The third-order valence-corrected chi connectivity index (χ3v) is 3.99. The van der Waals surface area contributed by atoms with E-state index in [1.54, 1.807) is 0 Å². The Morgan fingerprint density at radius 2 is 2.37 bits per heavy atom. The predicted molar refractivity (Wildman–Crippen MR) is 75.1 cm³/mol. The van der Waals surface area contributed by atoms with Gasteiger partial charge < -0.3 is 19.9 Å². The Bertz CT molecular complexity index is 292. The van der Waals surface area contributed by atoms with Crippen LogP contribution in [0.25, 0.3) is 0 Å². The molecule has 0 aromatic heterocycles. The van der Waals surface area contributed by atoms with Gasteiger partial charge in [-0.2, -0.15) is 0 Å². The van der Waals surface area contributed by atoms with Crippen LogP contribution >= 0.6 is 0 Å². The minimum absolute atomic E-state index is 0.124. The number of likely N-dealkylation sites (tertiary alicyclic amines) is 1. The molecule has 2 unspecified atom stereocenters. The number of amides is 1. The number of morpholine rings is 1. The van der Waals surface area contributed by atoms with Crippen molar-refractivity contribution in [1.82, 2.24) is 15.1 Å². The van der Waals surface area contributed by atoms with Gasteiger partial charge in [0.25, 0.3) is 0 Å². The van der Waals surface area contributed by atoms with Crippen LogP contribution in [0.1, 0.15) is 19.8 Å². The molecule has 2 aliphatic rings. The third kappa shape index (κ3) is 4.16. The monoisotopic (exact) mass is 269 g/mol. The van der Waals surface area contributed by atoms with E-state index >= 15 is 0 Å². The average molecular weight is 269 g/mol. The van der Waals surface area contributed by atoms with E-state index in [2.05, 4.69) is 24.2 Å². The van der Waals surface area contributed by atoms with Crippen molar-refractivity contribution in [2.75, 3.05) is 53.0 Å². The van der Waals surface area contributed by atoms with E-state index in [0.29, 0.717) is 19.1 Å². The Kier molecular flexibility index (Phi) is 5.60. The van der Waals surface area contributed by atoms with Gasteiger partial charge in [-0.15, -0.1) is 0 Å². The van der Waals surface area contributed by atoms with Crippen LogP contribution in [-0.4, -0.2) is 74.7 Å². The van der Waals surface area contributed by atoms with Gasteiger partial charge in [0.1, 0.15) is 6.04 Å². The Balaban J connectivity index is 1.75. The van der Waals surface area contributed by atoms with Crippen LogP contribution in [0, 0.1) is 5.92 Å². The first kappa shape index (κ1) is 14.8. The fraction of sp³-hybridized carbons (Fsp3) is 0.929. The number of nitrogens with zero attached hydrogens (tertiary/aromatic N) is 2. The summed E-state index contributed by atoms with van der Waals surface area (Å²) in [7, 11) is 2.17. The van der Waals surface area contributed by atoms with E-state index in [9.17, 15) is 4.79 Å². The summed E-state index contributed by atoms with van der Waals surface area (Å²) in [4.78, 5) is 16.7. The maximum absolute atomic E-state index is 12.3. The molecule has 2 fully saturated rings. The van der Waals surface area contributed by atoms with Crippen molar-refractivity contribution >= 4 is 5.91 Å². The van der Waals surface area contributed by atoms with Crippen molar-refractivity contribution in [3.8, 4) is 0 Å². The van der Waals surface area contributed by atoms with E-state index in [1.807, 2.05) is 4.90 Å². The lowest BCUT2D eigenvalue weighted by Gasteiger charge is -2.27. The highest BCUT2D eigenvalue weighted by atomic mass is 16.5. The van der Waals surface area contributed by atoms with E-state index in [1.165, 1.54) is 6.42 Å². The average Bonchev–Trinajstić information content (AvgIpc) is 2.87. The SMILES string of the molecule is CCCN(C)CC1CCN(C(=O)C2COCCN2)C1. The van der Waals surface area contributed by atoms with Gasteiger partial charge in [0.15, 0.2) is 0 Å². The largest absolute Gasteiger partial charge is 0.378 e. The summed E-state index contributed by atoms with van der Waals surface area (Å²) in [6.07, 6.45) is 2.32. The highest BCUT2D eigenvalue weighted by Gasteiger charge is 2.31. The smallest absolute Gasteiger partial charge is 0.242 e. The summed E-state index contributed by atoms with van der Waals surface area (Å²) in [5.41, 5.74) is 0. The van der Waals surface area contributed by atoms with Crippen LogP contribution in [0.5, 0.6) is 0 Å². The number of hydrogen-bond acceptors (Lipinski definition) is 4. The normalized spacial score (nSPS) is 28.1. The molecule has 0 saturated carbocycles. The fourth-order valence-electron chi connectivity index (χ4n) is 3.04. The van der Waals surface area contributed by atoms with Crippen LogP contribution in [0.3, 0.4) is 0 Å². The van der Waals surface area contributed by atoms with Gasteiger partial charge in [0.05, 0.1) is 13.2 Å². The van der Waals surface area contributed by atoms with E-state index < -0.39 is 0 Å². The molecule has 2 rings (SSSR count). The molecule has 1 amide bonds. The molecule has 0 bridgehead atoms. The van der Waals surface area contributed by atoms with Crippen LogP contribution in [0.2, 0.25) is 0 Å². The number of nitrogens with one attached hydrogen (secondary N) is 1. The van der Waals surface area contributed by atoms with Crippen molar-refractivity contribution in [2.24, 2.45) is 5.92 Å². The van der Waals surface area contributed by atoms with E-state index in [4.69, 9.17) is 4.74 Å². The molecule has 2 atom stereocenters. The Morgan fingerprint density at radius 3 is 3.05 bits per heavy atom. The summed E-state index contributed by atoms with van der Waals surface area (Å²) in [5.74, 6) is 0.852. The highest BCUT2D eigenvalue weighted by molar-refractivity contribution is 5.82. The summed E-state index contributed by atoms with van der Waals surface area (Å²) in [6.45, 7) is 8.29. The summed E-state index contributed by atoms with van der Waals surface area (Å²) in [6, 6.07) is -0.124. The second-order valence-corrected chi connectivity index (χ2v) is 5.78. The van der Waals surface area contributed by atoms with Gasteiger partial charge >= 0.3 is 0 Å². The van der Waals surface area contributed by atoms with Crippen molar-refractivity contribution in [1.29, 1.82) is 0 Å². The third-order valence-electron chi connectivity index (χ3n) is 3.99. The molecule has 5 nitrogen and oxygen atoms in total. The second kappa shape index (κ2) is 7.22. The molecule has 5 heteroatoms. The zero-order chi connectivity index (χ0) is 13.7. The molecule has 2 heterocycles. The Morgan fingerprint density at radius 1 is 1.53 bits per heavy atom. The fourth-order valence-corrected chi connectivity index (χ4v) is 3.04. The first-order valence-corrected chi connectivity index (χ1v) is 7.49. The molecule has 19 heavy (non-hydrogen) atoms. The molecule has 110 valence electrons. The number of carbonyl (C=O) groups excluding carboxylic acids is 1. The molecule has 0 aliphatic carbocycles. The molecule has 2 saturated heterocycles. The number of rotatable bonds is 5. The first-order valence-electron chi connectivity index (χ1n) is 7.49. The number of carbonyl (C=O) groups is 1. The van der Waals surface area contributed by atoms with E-state index in [-0.39, 0.29) is 11.9 Å². The Hall–Kier alpha value is -0.650. The van der Waals surface area contributed by atoms with Crippen LogP contribution in [0.15, 0.2) is 0 Å². The van der Waals surface area contributed by atoms with E-state index in [0.717, 1.165) is 39.1 Å². The minimum Gasteiger partial charge on any atom is -0.378 e. The van der Waals surface area contributed by atoms with Gasteiger partial charge in [-0.05, 0) is 32.4 Å². The zero-order valence-electron chi connectivity index (χ0n) is 12.2. The molecule has 0 aromatic rings. The first-order chi connectivity index (χ1) is 9.20. The van der Waals surface area contributed by atoms with Crippen LogP contribution in [-0.2, 0) is 9.53 Å². The van der Waals surface area contributed by atoms with Gasteiger partial charge in [-0.1, -0.05) is 6.92 Å².